The van der Waals surface area contributed by atoms with E-state index in [2.05, 4.69) is 25.6 Å². The van der Waals surface area contributed by atoms with Gasteiger partial charge in [-0.3, -0.25) is 4.79 Å². The minimum Gasteiger partial charge on any atom is -0.383 e. The van der Waals surface area contributed by atoms with Crippen LogP contribution in [0.25, 0.3) is 0 Å². The maximum atomic E-state index is 11.6. The minimum atomic E-state index is -0.0536. The van der Waals surface area contributed by atoms with Crippen LogP contribution in [0, 0.1) is 6.92 Å². The van der Waals surface area contributed by atoms with E-state index in [0.717, 1.165) is 5.69 Å². The molecule has 1 amide bonds. The van der Waals surface area contributed by atoms with E-state index in [4.69, 9.17) is 10.5 Å². The third-order valence-corrected chi connectivity index (χ3v) is 4.03. The summed E-state index contributed by atoms with van der Waals surface area (Å²) in [5.74, 6) is 1.78. The van der Waals surface area contributed by atoms with Crippen LogP contribution in [0.3, 0.4) is 0 Å². The number of nitrogens with zero attached hydrogens (tertiary/aromatic N) is 3. The molecule has 4 N–H and O–H groups in total. The maximum Gasteiger partial charge on any atom is 0.232 e. The standard InChI is InChI=1S/C16H22N6O2S/c1-11-3-5-12(6-4-11)19-16-21-13(20-15(17)22-16)9-25-10-14(23)18-7-8-24-2/h3-6H,7-10H2,1-2H3,(H,18,23)(H3,17,19,20,21,22). The Morgan fingerprint density at radius 1 is 1.24 bits per heavy atom. The van der Waals surface area contributed by atoms with Crippen LogP contribution >= 0.6 is 11.8 Å². The number of ether oxygens (including phenoxy) is 1. The van der Waals surface area contributed by atoms with Crippen molar-refractivity contribution in [1.29, 1.82) is 0 Å². The van der Waals surface area contributed by atoms with E-state index in [-0.39, 0.29) is 11.9 Å². The molecule has 0 unspecified atom stereocenters. The lowest BCUT2D eigenvalue weighted by atomic mass is 10.2. The van der Waals surface area contributed by atoms with E-state index in [1.54, 1.807) is 7.11 Å². The first-order valence-electron chi connectivity index (χ1n) is 7.74. The second kappa shape index (κ2) is 9.80. The third kappa shape index (κ3) is 6.94. The number of benzene rings is 1. The van der Waals surface area contributed by atoms with E-state index in [0.29, 0.717) is 36.4 Å². The zero-order chi connectivity index (χ0) is 18.1. The van der Waals surface area contributed by atoms with Gasteiger partial charge >= 0.3 is 0 Å². The maximum absolute atomic E-state index is 11.6. The molecule has 2 rings (SSSR count). The molecule has 2 aromatic rings. The van der Waals surface area contributed by atoms with E-state index < -0.39 is 0 Å². The van der Waals surface area contributed by atoms with E-state index in [1.807, 2.05) is 31.2 Å². The van der Waals surface area contributed by atoms with E-state index >= 15 is 0 Å². The van der Waals surface area contributed by atoms with Gasteiger partial charge < -0.3 is 21.1 Å². The molecule has 0 spiro atoms. The van der Waals surface area contributed by atoms with Gasteiger partial charge in [-0.25, -0.2) is 0 Å². The number of rotatable bonds is 9. The lowest BCUT2D eigenvalue weighted by Crippen LogP contribution is -2.28. The summed E-state index contributed by atoms with van der Waals surface area (Å²) in [5.41, 5.74) is 7.78. The van der Waals surface area contributed by atoms with Crippen molar-refractivity contribution in [3.63, 3.8) is 0 Å². The topological polar surface area (TPSA) is 115 Å². The lowest BCUT2D eigenvalue weighted by Gasteiger charge is -2.08. The first-order chi connectivity index (χ1) is 12.1. The van der Waals surface area contributed by atoms with Crippen LogP contribution in [-0.4, -0.2) is 46.9 Å². The second-order valence-corrected chi connectivity index (χ2v) is 6.25. The van der Waals surface area contributed by atoms with Gasteiger partial charge in [0.15, 0.2) is 0 Å². The summed E-state index contributed by atoms with van der Waals surface area (Å²) < 4.78 is 4.88. The summed E-state index contributed by atoms with van der Waals surface area (Å²) in [4.78, 5) is 24.2. The van der Waals surface area contributed by atoms with Crippen molar-refractivity contribution in [2.75, 3.05) is 37.1 Å². The number of nitrogens with one attached hydrogen (secondary N) is 2. The third-order valence-electron chi connectivity index (χ3n) is 3.10. The number of nitrogen functional groups attached to an aromatic ring is 1. The number of nitrogens with two attached hydrogens (primary N) is 1. The normalized spacial score (nSPS) is 10.5. The molecule has 25 heavy (non-hydrogen) atoms. The minimum absolute atomic E-state index is 0.0536. The van der Waals surface area contributed by atoms with E-state index in [9.17, 15) is 4.79 Å². The average Bonchev–Trinajstić information content (AvgIpc) is 2.57. The number of amides is 1. The average molecular weight is 362 g/mol. The molecular formula is C16H22N6O2S. The van der Waals surface area contributed by atoms with Crippen molar-refractivity contribution in [2.24, 2.45) is 0 Å². The number of thioether (sulfide) groups is 1. The first kappa shape index (κ1) is 18.9. The quantitative estimate of drug-likeness (QED) is 0.575. The highest BCUT2D eigenvalue weighted by Crippen LogP contribution is 2.16. The van der Waals surface area contributed by atoms with Gasteiger partial charge in [0, 0.05) is 19.3 Å². The summed E-state index contributed by atoms with van der Waals surface area (Å²) in [6.45, 7) is 3.01. The second-order valence-electron chi connectivity index (χ2n) is 5.26. The van der Waals surface area contributed by atoms with Crippen LogP contribution in [0.1, 0.15) is 11.4 Å². The fourth-order valence-corrected chi connectivity index (χ4v) is 2.60. The molecule has 1 aromatic carbocycles. The van der Waals surface area contributed by atoms with Gasteiger partial charge in [0.25, 0.3) is 0 Å². The van der Waals surface area contributed by atoms with Gasteiger partial charge in [-0.1, -0.05) is 17.7 Å². The molecule has 0 atom stereocenters. The van der Waals surface area contributed by atoms with Gasteiger partial charge in [-0.15, -0.1) is 11.8 Å². The molecule has 0 saturated heterocycles. The van der Waals surface area contributed by atoms with Crippen molar-refractivity contribution < 1.29 is 9.53 Å². The molecule has 0 fully saturated rings. The molecule has 1 heterocycles. The lowest BCUT2D eigenvalue weighted by molar-refractivity contribution is -0.118. The van der Waals surface area contributed by atoms with Crippen molar-refractivity contribution >= 4 is 35.3 Å². The Morgan fingerprint density at radius 2 is 2.00 bits per heavy atom. The largest absolute Gasteiger partial charge is 0.383 e. The predicted molar refractivity (Wildman–Crippen MR) is 99.7 cm³/mol. The summed E-state index contributed by atoms with van der Waals surface area (Å²) in [6.07, 6.45) is 0. The molecule has 0 aliphatic heterocycles. The Balaban J connectivity index is 1.88. The van der Waals surface area contributed by atoms with Crippen LogP contribution in [0.2, 0.25) is 0 Å². The monoisotopic (exact) mass is 362 g/mol. The van der Waals surface area contributed by atoms with Crippen molar-refractivity contribution in [1.82, 2.24) is 20.3 Å². The zero-order valence-electron chi connectivity index (χ0n) is 14.3. The Labute approximate surface area is 151 Å². The fraction of sp³-hybridized carbons (Fsp3) is 0.375. The van der Waals surface area contributed by atoms with E-state index in [1.165, 1.54) is 17.3 Å². The highest BCUT2D eigenvalue weighted by atomic mass is 32.2. The number of anilines is 3. The zero-order valence-corrected chi connectivity index (χ0v) is 15.1. The van der Waals surface area contributed by atoms with Crippen LogP contribution in [0.15, 0.2) is 24.3 Å². The van der Waals surface area contributed by atoms with Gasteiger partial charge in [-0.05, 0) is 19.1 Å². The number of hydrogen-bond donors (Lipinski definition) is 3. The number of aromatic nitrogens is 3. The Hall–Kier alpha value is -2.39. The molecule has 1 aromatic heterocycles. The smallest absolute Gasteiger partial charge is 0.232 e. The van der Waals surface area contributed by atoms with Gasteiger partial charge in [0.1, 0.15) is 5.82 Å². The van der Waals surface area contributed by atoms with Crippen molar-refractivity contribution in [2.45, 2.75) is 12.7 Å². The predicted octanol–water partition coefficient (Wildman–Crippen LogP) is 1.50. The molecule has 0 radical (unpaired) electrons. The number of hydrogen-bond acceptors (Lipinski definition) is 8. The fourth-order valence-electron chi connectivity index (χ4n) is 1.90. The summed E-state index contributed by atoms with van der Waals surface area (Å²) in [6, 6.07) is 7.86. The highest BCUT2D eigenvalue weighted by Gasteiger charge is 2.07. The molecule has 0 aliphatic carbocycles. The Bertz CT molecular complexity index is 696. The molecule has 134 valence electrons. The highest BCUT2D eigenvalue weighted by molar-refractivity contribution is 7.99. The number of methoxy groups -OCH3 is 1. The Kier molecular flexibility index (Phi) is 7.42. The summed E-state index contributed by atoms with van der Waals surface area (Å²) >= 11 is 1.41. The van der Waals surface area contributed by atoms with Crippen LogP contribution in [-0.2, 0) is 15.3 Å². The number of aryl methyl sites for hydroxylation is 1. The number of carbonyl (C=O) groups excluding carboxylic acids is 1. The first-order valence-corrected chi connectivity index (χ1v) is 8.90. The van der Waals surface area contributed by atoms with Gasteiger partial charge in [-0.2, -0.15) is 15.0 Å². The van der Waals surface area contributed by atoms with Crippen LogP contribution < -0.4 is 16.4 Å². The summed E-state index contributed by atoms with van der Waals surface area (Å²) in [7, 11) is 1.59. The molecule has 0 saturated carbocycles. The molecule has 0 bridgehead atoms. The SMILES string of the molecule is COCCNC(=O)CSCc1nc(N)nc(Nc2ccc(C)cc2)n1. The van der Waals surface area contributed by atoms with Gasteiger partial charge in [0.2, 0.25) is 17.8 Å². The van der Waals surface area contributed by atoms with Gasteiger partial charge in [0.05, 0.1) is 18.1 Å². The van der Waals surface area contributed by atoms with Crippen molar-refractivity contribution in [3.05, 3.63) is 35.7 Å². The Morgan fingerprint density at radius 3 is 2.72 bits per heavy atom. The van der Waals surface area contributed by atoms with Crippen LogP contribution in [0.5, 0.6) is 0 Å². The molecule has 0 aliphatic rings. The molecule has 9 heteroatoms. The molecule has 8 nitrogen and oxygen atoms in total. The van der Waals surface area contributed by atoms with Crippen molar-refractivity contribution in [3.8, 4) is 0 Å². The number of carbonyl (C=O) groups is 1. The molecular weight excluding hydrogens is 340 g/mol. The summed E-state index contributed by atoms with van der Waals surface area (Å²) in [5, 5.41) is 5.86. The van der Waals surface area contributed by atoms with Crippen LogP contribution in [0.4, 0.5) is 17.6 Å².